The zero-order valence-corrected chi connectivity index (χ0v) is 67.2. The van der Waals surface area contributed by atoms with E-state index >= 15 is 0 Å². The van der Waals surface area contributed by atoms with Crippen LogP contribution in [0.5, 0.6) is 0 Å². The summed E-state index contributed by atoms with van der Waals surface area (Å²) in [5.74, 6) is -2.23. The number of phosphoric ester groups is 2. The topological polar surface area (TPSA) is 237 Å². The van der Waals surface area contributed by atoms with Crippen LogP contribution in [0.2, 0.25) is 0 Å². The highest BCUT2D eigenvalue weighted by Crippen LogP contribution is 2.45. The Labute approximate surface area is 632 Å². The molecule has 0 aromatic rings. The van der Waals surface area contributed by atoms with Gasteiger partial charge < -0.3 is 33.8 Å². The second kappa shape index (κ2) is 76.6. The van der Waals surface area contributed by atoms with Gasteiger partial charge in [-0.15, -0.1) is 0 Å². The SMILES string of the molecule is CC/C=C\C/C=C\C/C=C\C/C=C\C/C=C\CCCCCC(=O)OC[C@H](COP(=O)(O)OC[C@@H](O)COP(=O)(O)OC[C@@H](COC(=O)CCCCCCCCCCCCCCC)OC(=O)CCCCC/C=C\C/C=C\C/C=C\C/C=C\C/C=C\CC)OC(=O)CCCCCCCCCCCCCCC. The van der Waals surface area contributed by atoms with Crippen LogP contribution in [0.1, 0.15) is 336 Å². The molecule has 0 fully saturated rings. The molecule has 5 atom stereocenters. The van der Waals surface area contributed by atoms with Gasteiger partial charge >= 0.3 is 39.5 Å². The van der Waals surface area contributed by atoms with Crippen LogP contribution in [0.15, 0.2) is 122 Å². The zero-order chi connectivity index (χ0) is 76.0. The van der Waals surface area contributed by atoms with Gasteiger partial charge in [-0.2, -0.15) is 0 Å². The first-order valence-corrected chi connectivity index (χ1v) is 43.8. The van der Waals surface area contributed by atoms with Crippen LogP contribution in [0.3, 0.4) is 0 Å². The van der Waals surface area contributed by atoms with Gasteiger partial charge in [0.1, 0.15) is 19.3 Å². The van der Waals surface area contributed by atoms with E-state index in [-0.39, 0.29) is 25.7 Å². The molecular weight excluding hydrogens is 1350 g/mol. The van der Waals surface area contributed by atoms with Gasteiger partial charge in [-0.05, 0) is 116 Å². The van der Waals surface area contributed by atoms with E-state index in [0.29, 0.717) is 25.7 Å². The molecule has 17 nitrogen and oxygen atoms in total. The van der Waals surface area contributed by atoms with Gasteiger partial charge in [-0.25, -0.2) is 9.13 Å². The first kappa shape index (κ1) is 99.5. The summed E-state index contributed by atoms with van der Waals surface area (Å²) >= 11 is 0. The molecule has 0 aromatic heterocycles. The van der Waals surface area contributed by atoms with Gasteiger partial charge in [0, 0.05) is 25.7 Å². The summed E-state index contributed by atoms with van der Waals surface area (Å²) in [6, 6.07) is 0. The molecule has 0 radical (unpaired) electrons. The summed E-state index contributed by atoms with van der Waals surface area (Å²) in [6.45, 7) is 4.61. The monoisotopic (exact) mass is 1500 g/mol. The molecule has 0 aliphatic carbocycles. The van der Waals surface area contributed by atoms with Gasteiger partial charge in [-0.1, -0.05) is 316 Å². The molecule has 19 heteroatoms. The highest BCUT2D eigenvalue weighted by atomic mass is 31.2. The molecule has 0 bridgehead atoms. The number of phosphoric acid groups is 2. The Morgan fingerprint density at radius 1 is 0.279 bits per heavy atom. The van der Waals surface area contributed by atoms with E-state index < -0.39 is 97.5 Å². The summed E-state index contributed by atoms with van der Waals surface area (Å²) in [4.78, 5) is 73.0. The highest BCUT2D eigenvalue weighted by molar-refractivity contribution is 7.47. The quantitative estimate of drug-likeness (QED) is 0.0169. The molecule has 104 heavy (non-hydrogen) atoms. The van der Waals surface area contributed by atoms with Crippen LogP contribution in [-0.4, -0.2) is 96.7 Å². The number of esters is 4. The van der Waals surface area contributed by atoms with Crippen molar-refractivity contribution in [2.75, 3.05) is 39.6 Å². The van der Waals surface area contributed by atoms with Crippen LogP contribution < -0.4 is 0 Å². The van der Waals surface area contributed by atoms with Crippen LogP contribution in [0.4, 0.5) is 0 Å². The summed E-state index contributed by atoms with van der Waals surface area (Å²) in [6.07, 6.45) is 84.6. The molecule has 0 heterocycles. The number of carbonyl (C=O) groups is 4. The molecule has 3 N–H and O–H groups in total. The van der Waals surface area contributed by atoms with E-state index in [2.05, 4.69) is 149 Å². The summed E-state index contributed by atoms with van der Waals surface area (Å²) in [5, 5.41) is 10.6. The number of allylic oxidation sites excluding steroid dienone is 20. The minimum Gasteiger partial charge on any atom is -0.462 e. The molecule has 0 spiro atoms. The third-order valence-corrected chi connectivity index (χ3v) is 18.9. The summed E-state index contributed by atoms with van der Waals surface area (Å²) in [5.41, 5.74) is 0. The second-order valence-corrected chi connectivity index (χ2v) is 29.9. The number of hydrogen-bond donors (Lipinski definition) is 3. The van der Waals surface area contributed by atoms with E-state index in [0.717, 1.165) is 148 Å². The van der Waals surface area contributed by atoms with Crippen molar-refractivity contribution in [3.05, 3.63) is 122 Å². The fourth-order valence-electron chi connectivity index (χ4n) is 10.8. The fraction of sp³-hybridized carbons (Fsp3) is 0.718. The van der Waals surface area contributed by atoms with Crippen molar-refractivity contribution < 1.29 is 80.2 Å². The van der Waals surface area contributed by atoms with Crippen molar-refractivity contribution in [1.29, 1.82) is 0 Å². The smallest absolute Gasteiger partial charge is 0.462 e. The van der Waals surface area contributed by atoms with Crippen molar-refractivity contribution in [3.8, 4) is 0 Å². The first-order valence-electron chi connectivity index (χ1n) is 40.8. The predicted octanol–water partition coefficient (Wildman–Crippen LogP) is 23.9. The molecule has 0 aliphatic heterocycles. The van der Waals surface area contributed by atoms with E-state index in [4.69, 9.17) is 37.0 Å². The normalized spacial score (nSPS) is 14.5. The van der Waals surface area contributed by atoms with E-state index in [9.17, 15) is 43.2 Å². The number of aliphatic hydroxyl groups is 1. The number of aliphatic hydroxyl groups excluding tert-OH is 1. The van der Waals surface area contributed by atoms with Gasteiger partial charge in [0.25, 0.3) is 0 Å². The number of unbranched alkanes of at least 4 members (excludes halogenated alkanes) is 30. The standard InChI is InChI=1S/C85H146O17P2/c1-5-9-13-17-21-25-29-33-35-37-39-41-43-47-50-54-58-62-66-70-83(88)96-76-80(101-84(89)71-67-63-59-55-51-46-32-28-24-20-16-12-8-4)77-99-103(91,92)97-73-79(86)74-98-104(93,94)100-78-81(75-95-82(87)69-65-61-57-53-49-45-31-27-23-19-15-11-7-3)102-85(90)72-68-64-60-56-52-48-44-42-40-38-36-34-30-26-22-18-14-10-6-2/h9-10,13-14,21-22,25-26,33-36,39-42,47-48,50,52,79-81,86H,5-8,11-12,15-20,23-24,27-32,37-38,43-46,49,51,53-78H2,1-4H3,(H,91,92)(H,93,94)/b13-9-,14-10-,25-21-,26-22-,35-33-,36-34-,41-39-,42-40-,50-47-,52-48-/t79-,80-,81-/m1/s1. The molecule has 0 saturated heterocycles. The van der Waals surface area contributed by atoms with Crippen molar-refractivity contribution in [2.24, 2.45) is 0 Å². The molecule has 0 aliphatic rings. The predicted molar refractivity (Wildman–Crippen MR) is 427 cm³/mol. The summed E-state index contributed by atoms with van der Waals surface area (Å²) in [7, 11) is -9.97. The maximum absolute atomic E-state index is 13.1. The van der Waals surface area contributed by atoms with E-state index in [1.165, 1.54) is 109 Å². The number of ether oxygens (including phenoxy) is 4. The molecule has 0 aromatic carbocycles. The van der Waals surface area contributed by atoms with Gasteiger partial charge in [0.15, 0.2) is 12.2 Å². The lowest BCUT2D eigenvalue weighted by Gasteiger charge is -2.21. The lowest BCUT2D eigenvalue weighted by molar-refractivity contribution is -0.161. The van der Waals surface area contributed by atoms with Crippen molar-refractivity contribution >= 4 is 39.5 Å². The van der Waals surface area contributed by atoms with Crippen molar-refractivity contribution in [1.82, 2.24) is 0 Å². The van der Waals surface area contributed by atoms with Crippen molar-refractivity contribution in [2.45, 2.75) is 354 Å². The zero-order valence-electron chi connectivity index (χ0n) is 65.4. The Morgan fingerprint density at radius 3 is 0.769 bits per heavy atom. The molecule has 0 rings (SSSR count). The number of rotatable bonds is 76. The number of carbonyl (C=O) groups excluding carboxylic acids is 4. The molecule has 2 unspecified atom stereocenters. The second-order valence-electron chi connectivity index (χ2n) is 27.0. The van der Waals surface area contributed by atoms with Crippen LogP contribution in [0, 0.1) is 0 Å². The molecule has 598 valence electrons. The van der Waals surface area contributed by atoms with Crippen LogP contribution in [0.25, 0.3) is 0 Å². The average molecular weight is 1500 g/mol. The third kappa shape index (κ3) is 75.7. The lowest BCUT2D eigenvalue weighted by atomic mass is 10.0. The molecule has 0 saturated carbocycles. The van der Waals surface area contributed by atoms with Crippen LogP contribution in [-0.2, 0) is 65.4 Å². The average Bonchev–Trinajstić information content (AvgIpc) is 0.926. The first-order chi connectivity index (χ1) is 50.7. The van der Waals surface area contributed by atoms with Crippen LogP contribution >= 0.6 is 15.6 Å². The lowest BCUT2D eigenvalue weighted by Crippen LogP contribution is -2.30. The van der Waals surface area contributed by atoms with Gasteiger partial charge in [0.05, 0.1) is 26.4 Å². The van der Waals surface area contributed by atoms with E-state index in [1.54, 1.807) is 0 Å². The van der Waals surface area contributed by atoms with E-state index in [1.807, 2.05) is 0 Å². The number of hydrogen-bond acceptors (Lipinski definition) is 15. The molecule has 0 amide bonds. The summed E-state index contributed by atoms with van der Waals surface area (Å²) < 4.78 is 68.6. The minimum absolute atomic E-state index is 0.0556. The Morgan fingerprint density at radius 2 is 0.500 bits per heavy atom. The maximum Gasteiger partial charge on any atom is 0.472 e. The Hall–Kier alpha value is -4.54. The van der Waals surface area contributed by atoms with Gasteiger partial charge in [-0.3, -0.25) is 37.3 Å². The molecular formula is C85H146O17P2. The Balaban J connectivity index is 5.39. The Bertz CT molecular complexity index is 2440. The maximum atomic E-state index is 13.1. The highest BCUT2D eigenvalue weighted by Gasteiger charge is 2.30. The van der Waals surface area contributed by atoms with Gasteiger partial charge in [0.2, 0.25) is 0 Å². The third-order valence-electron chi connectivity index (χ3n) is 17.0. The fourth-order valence-corrected chi connectivity index (χ4v) is 12.4. The Kier molecular flexibility index (Phi) is 73.3. The van der Waals surface area contributed by atoms with Crippen molar-refractivity contribution in [3.63, 3.8) is 0 Å². The largest absolute Gasteiger partial charge is 0.472 e. The minimum atomic E-state index is -4.99.